The van der Waals surface area contributed by atoms with E-state index in [2.05, 4.69) is 0 Å². The van der Waals surface area contributed by atoms with Crippen LogP contribution in [0.5, 0.6) is 0 Å². The normalized spacial score (nSPS) is 18.8. The summed E-state index contributed by atoms with van der Waals surface area (Å²) in [5, 5.41) is 17.3. The van der Waals surface area contributed by atoms with Crippen LogP contribution < -0.4 is 11.5 Å². The van der Waals surface area contributed by atoms with Crippen molar-refractivity contribution in [2.45, 2.75) is 18.8 Å². The minimum Gasteiger partial charge on any atom is -0.481 e. The van der Waals surface area contributed by atoms with Crippen LogP contribution in [0.2, 0.25) is 0 Å². The summed E-state index contributed by atoms with van der Waals surface area (Å²) >= 11 is 1.60. The number of allylic oxidation sites excluding steroid dienone is 1. The lowest BCUT2D eigenvalue weighted by atomic mass is 9.93. The van der Waals surface area contributed by atoms with E-state index in [1.54, 1.807) is 23.9 Å². The van der Waals surface area contributed by atoms with E-state index in [-0.39, 0.29) is 12.3 Å². The van der Waals surface area contributed by atoms with Gasteiger partial charge in [0.25, 0.3) is 0 Å². The molecule has 2 aromatic carbocycles. The van der Waals surface area contributed by atoms with Crippen molar-refractivity contribution in [2.75, 3.05) is 11.5 Å². The van der Waals surface area contributed by atoms with Gasteiger partial charge >= 0.3 is 5.97 Å². The Morgan fingerprint density at radius 3 is 2.42 bits per heavy atom. The smallest absolute Gasteiger partial charge is 0.303 e. The molecule has 1 atom stereocenters. The zero-order chi connectivity index (χ0) is 18.7. The number of nitrogens with two attached hydrogens (primary N) is 2. The molecule has 0 aliphatic carbocycles. The van der Waals surface area contributed by atoms with E-state index >= 15 is 0 Å². The van der Waals surface area contributed by atoms with Gasteiger partial charge in [-0.2, -0.15) is 0 Å². The van der Waals surface area contributed by atoms with Crippen LogP contribution in [0.1, 0.15) is 29.0 Å². The van der Waals surface area contributed by atoms with E-state index in [4.69, 9.17) is 22.0 Å². The molecule has 0 amide bonds. The molecule has 1 unspecified atom stereocenters. The van der Waals surface area contributed by atoms with Gasteiger partial charge in [-0.3, -0.25) is 4.79 Å². The molecule has 1 saturated heterocycles. The Morgan fingerprint density at radius 1 is 1.15 bits per heavy atom. The van der Waals surface area contributed by atoms with Gasteiger partial charge in [-0.25, -0.2) is 0 Å². The fourth-order valence-electron chi connectivity index (χ4n) is 2.93. The number of carboxylic acids is 1. The van der Waals surface area contributed by atoms with E-state index in [1.165, 1.54) is 0 Å². The molecule has 6 N–H and O–H groups in total. The number of aryl methyl sites for hydroxylation is 1. The lowest BCUT2D eigenvalue weighted by Crippen LogP contribution is -2.10. The molecular formula is C20H21N3O2S. The fourth-order valence-corrected chi connectivity index (χ4v) is 4.20. The number of hydrogen-bond acceptors (Lipinski definition) is 5. The number of rotatable bonds is 5. The monoisotopic (exact) mass is 367 g/mol. The minimum absolute atomic E-state index is 0.00384. The molecule has 0 saturated carbocycles. The summed E-state index contributed by atoms with van der Waals surface area (Å²) in [7, 11) is 0. The van der Waals surface area contributed by atoms with Gasteiger partial charge in [-0.15, -0.1) is 11.8 Å². The van der Waals surface area contributed by atoms with Gasteiger partial charge in [0.2, 0.25) is 0 Å². The van der Waals surface area contributed by atoms with Crippen molar-refractivity contribution in [3.63, 3.8) is 0 Å². The number of thioether (sulfide) groups is 1. The Balaban J connectivity index is 1.77. The van der Waals surface area contributed by atoms with Gasteiger partial charge in [0.05, 0.1) is 16.3 Å². The first kappa shape index (κ1) is 18.1. The molecule has 1 heterocycles. The molecular weight excluding hydrogens is 346 g/mol. The summed E-state index contributed by atoms with van der Waals surface area (Å²) in [6.45, 7) is 0. The molecule has 0 aromatic heterocycles. The largest absolute Gasteiger partial charge is 0.481 e. The van der Waals surface area contributed by atoms with Gasteiger partial charge < -0.3 is 22.0 Å². The first-order chi connectivity index (χ1) is 12.5. The molecule has 134 valence electrons. The van der Waals surface area contributed by atoms with Crippen molar-refractivity contribution >= 4 is 34.8 Å². The predicted octanol–water partition coefficient (Wildman–Crippen LogP) is 3.46. The molecule has 6 heteroatoms. The van der Waals surface area contributed by atoms with Crippen molar-refractivity contribution < 1.29 is 9.90 Å². The third-order valence-corrected chi connectivity index (χ3v) is 5.69. The van der Waals surface area contributed by atoms with E-state index in [0.29, 0.717) is 23.5 Å². The second-order valence-corrected chi connectivity index (χ2v) is 7.31. The first-order valence-corrected chi connectivity index (χ1v) is 9.32. The molecule has 0 bridgehead atoms. The van der Waals surface area contributed by atoms with E-state index in [0.717, 1.165) is 27.3 Å². The quantitative estimate of drug-likeness (QED) is 0.604. The summed E-state index contributed by atoms with van der Waals surface area (Å²) in [5.41, 5.74) is 16.8. The van der Waals surface area contributed by atoms with Gasteiger partial charge in [0, 0.05) is 23.8 Å². The summed E-state index contributed by atoms with van der Waals surface area (Å²) in [6, 6.07) is 15.2. The first-order valence-electron chi connectivity index (χ1n) is 8.33. The van der Waals surface area contributed by atoms with E-state index < -0.39 is 5.97 Å². The van der Waals surface area contributed by atoms with Crippen LogP contribution in [0, 0.1) is 5.41 Å². The molecule has 0 radical (unpaired) electrons. The maximum absolute atomic E-state index is 10.7. The fraction of sp³-hybridized carbons (Fsp3) is 0.200. The van der Waals surface area contributed by atoms with E-state index in [9.17, 15) is 4.79 Å². The molecule has 1 aliphatic rings. The lowest BCUT2D eigenvalue weighted by Gasteiger charge is -2.11. The highest BCUT2D eigenvalue weighted by molar-refractivity contribution is 8.04. The van der Waals surface area contributed by atoms with Crippen LogP contribution in [0.3, 0.4) is 0 Å². The Kier molecular flexibility index (Phi) is 5.32. The van der Waals surface area contributed by atoms with Crippen LogP contribution >= 0.6 is 11.8 Å². The molecule has 3 rings (SSSR count). The average Bonchev–Trinajstić information content (AvgIpc) is 3.02. The minimum atomic E-state index is -0.795. The zero-order valence-corrected chi connectivity index (χ0v) is 15.1. The van der Waals surface area contributed by atoms with Crippen molar-refractivity contribution in [2.24, 2.45) is 5.73 Å². The zero-order valence-electron chi connectivity index (χ0n) is 14.2. The molecule has 2 aromatic rings. The standard InChI is InChI=1S/C20H21N3O2S/c21-15-8-6-14(7-9-15)18(22)20-19(23)16(11-26-20)13-4-1-12(2-5-13)3-10-17(24)25/h1-2,4-9,16,23H,3,10-11,21-22H2,(H,24,25)/b20-18+,23-19?. The lowest BCUT2D eigenvalue weighted by molar-refractivity contribution is -0.136. The number of carboxylic acid groups (broad SMARTS) is 1. The van der Waals surface area contributed by atoms with Crippen LogP contribution in [0.4, 0.5) is 5.69 Å². The maximum atomic E-state index is 10.7. The molecule has 0 spiro atoms. The Hall–Kier alpha value is -2.73. The highest BCUT2D eigenvalue weighted by atomic mass is 32.2. The molecule has 1 fully saturated rings. The van der Waals surface area contributed by atoms with E-state index in [1.807, 2.05) is 36.4 Å². The molecule has 5 nitrogen and oxygen atoms in total. The number of aliphatic carboxylic acids is 1. The number of nitrogen functional groups attached to an aromatic ring is 1. The number of benzene rings is 2. The Morgan fingerprint density at radius 2 is 1.81 bits per heavy atom. The third kappa shape index (κ3) is 3.91. The van der Waals surface area contributed by atoms with Crippen molar-refractivity contribution in [1.29, 1.82) is 5.41 Å². The molecule has 1 aliphatic heterocycles. The Bertz CT molecular complexity index is 858. The van der Waals surface area contributed by atoms with Crippen LogP contribution in [-0.4, -0.2) is 22.5 Å². The third-order valence-electron chi connectivity index (χ3n) is 4.46. The maximum Gasteiger partial charge on any atom is 0.303 e. The number of anilines is 1. The van der Waals surface area contributed by atoms with Crippen LogP contribution in [0.25, 0.3) is 5.70 Å². The van der Waals surface area contributed by atoms with Crippen molar-refractivity contribution in [3.05, 3.63) is 70.1 Å². The van der Waals surface area contributed by atoms with Crippen LogP contribution in [-0.2, 0) is 11.2 Å². The van der Waals surface area contributed by atoms with Crippen LogP contribution in [0.15, 0.2) is 53.4 Å². The van der Waals surface area contributed by atoms with Gasteiger partial charge in [0.15, 0.2) is 0 Å². The number of nitrogens with one attached hydrogen (secondary N) is 1. The average molecular weight is 367 g/mol. The Labute approximate surface area is 156 Å². The SMILES string of the molecule is N=C1/C(=C(\N)c2ccc(N)cc2)SCC1c1ccc(CCC(=O)O)cc1. The summed E-state index contributed by atoms with van der Waals surface area (Å²) < 4.78 is 0. The van der Waals surface area contributed by atoms with Crippen molar-refractivity contribution in [3.8, 4) is 0 Å². The second-order valence-electron chi connectivity index (χ2n) is 6.28. The predicted molar refractivity (Wildman–Crippen MR) is 107 cm³/mol. The number of carbonyl (C=O) groups is 1. The van der Waals surface area contributed by atoms with Crippen molar-refractivity contribution in [1.82, 2.24) is 0 Å². The summed E-state index contributed by atoms with van der Waals surface area (Å²) in [5.74, 6) is -0.0231. The highest BCUT2D eigenvalue weighted by Gasteiger charge is 2.30. The second kappa shape index (κ2) is 7.66. The summed E-state index contributed by atoms with van der Waals surface area (Å²) in [6.07, 6.45) is 0.640. The highest BCUT2D eigenvalue weighted by Crippen LogP contribution is 2.40. The topological polar surface area (TPSA) is 113 Å². The summed E-state index contributed by atoms with van der Waals surface area (Å²) in [4.78, 5) is 11.5. The van der Waals surface area contributed by atoms with Gasteiger partial charge in [-0.05, 0) is 35.2 Å². The van der Waals surface area contributed by atoms with Gasteiger partial charge in [0.1, 0.15) is 0 Å². The number of hydrogen-bond donors (Lipinski definition) is 4. The molecule has 26 heavy (non-hydrogen) atoms. The van der Waals surface area contributed by atoms with Gasteiger partial charge in [-0.1, -0.05) is 36.4 Å².